The van der Waals surface area contributed by atoms with Crippen LogP contribution in [-0.2, 0) is 4.79 Å². The Balaban J connectivity index is 1.38. The van der Waals surface area contributed by atoms with Crippen LogP contribution in [0.25, 0.3) is 0 Å². The Morgan fingerprint density at radius 2 is 2.29 bits per heavy atom. The van der Waals surface area contributed by atoms with Crippen LogP contribution in [0.2, 0.25) is 0 Å². The summed E-state index contributed by atoms with van der Waals surface area (Å²) in [6, 6.07) is 8.20. The number of amides is 1. The Bertz CT molecular complexity index is 543. The number of carbonyl (C=O) groups excluding carboxylic acids is 1. The molecule has 2 fully saturated rings. The van der Waals surface area contributed by atoms with Gasteiger partial charge in [-0.1, -0.05) is 6.07 Å². The number of benzene rings is 1. The summed E-state index contributed by atoms with van der Waals surface area (Å²) in [7, 11) is 1.70. The van der Waals surface area contributed by atoms with Crippen molar-refractivity contribution in [2.24, 2.45) is 11.8 Å². The number of nitrogens with zero attached hydrogens (tertiary/aromatic N) is 1. The molecule has 0 bridgehead atoms. The zero-order valence-corrected chi connectivity index (χ0v) is 14.6. The van der Waals surface area contributed by atoms with Gasteiger partial charge in [-0.05, 0) is 56.3 Å². The first-order valence-electron chi connectivity index (χ1n) is 9.11. The molecule has 24 heavy (non-hydrogen) atoms. The molecule has 1 aromatic carbocycles. The van der Waals surface area contributed by atoms with Crippen LogP contribution in [-0.4, -0.2) is 45.7 Å². The summed E-state index contributed by atoms with van der Waals surface area (Å²) in [5, 5.41) is 6.49. The van der Waals surface area contributed by atoms with E-state index in [0.29, 0.717) is 18.3 Å². The van der Waals surface area contributed by atoms with Crippen LogP contribution < -0.4 is 20.3 Å². The van der Waals surface area contributed by atoms with E-state index in [1.807, 2.05) is 12.1 Å². The lowest BCUT2D eigenvalue weighted by Gasteiger charge is -2.19. The molecule has 1 amide bonds. The van der Waals surface area contributed by atoms with Gasteiger partial charge in [0.05, 0.1) is 7.11 Å². The summed E-state index contributed by atoms with van der Waals surface area (Å²) in [6.07, 6.45) is 4.02. The maximum absolute atomic E-state index is 12.0. The monoisotopic (exact) mass is 331 g/mol. The summed E-state index contributed by atoms with van der Waals surface area (Å²) < 4.78 is 5.30. The highest BCUT2D eigenvalue weighted by molar-refractivity contribution is 5.75. The topological polar surface area (TPSA) is 53.6 Å². The minimum absolute atomic E-state index is 0.210. The van der Waals surface area contributed by atoms with Crippen molar-refractivity contribution in [1.29, 1.82) is 0 Å². The minimum atomic E-state index is 0.210. The molecule has 0 radical (unpaired) electrons. The molecule has 2 saturated heterocycles. The van der Waals surface area contributed by atoms with Crippen molar-refractivity contribution in [3.05, 3.63) is 24.3 Å². The predicted octanol–water partition coefficient (Wildman–Crippen LogP) is 2.03. The molecule has 5 nitrogen and oxygen atoms in total. The quantitative estimate of drug-likeness (QED) is 0.803. The number of nitrogens with one attached hydrogen (secondary N) is 2. The fourth-order valence-electron chi connectivity index (χ4n) is 3.68. The zero-order valence-electron chi connectivity index (χ0n) is 14.6. The van der Waals surface area contributed by atoms with E-state index in [9.17, 15) is 4.79 Å². The first-order chi connectivity index (χ1) is 11.7. The van der Waals surface area contributed by atoms with Gasteiger partial charge in [0.25, 0.3) is 0 Å². The molecular formula is C19H29N3O2. The Labute approximate surface area is 144 Å². The van der Waals surface area contributed by atoms with E-state index in [4.69, 9.17) is 4.74 Å². The van der Waals surface area contributed by atoms with Crippen molar-refractivity contribution >= 4 is 11.6 Å². The van der Waals surface area contributed by atoms with Gasteiger partial charge in [0, 0.05) is 37.8 Å². The highest BCUT2D eigenvalue weighted by Crippen LogP contribution is 2.26. The number of anilines is 1. The second-order valence-electron chi connectivity index (χ2n) is 7.00. The van der Waals surface area contributed by atoms with E-state index in [1.165, 1.54) is 12.1 Å². The van der Waals surface area contributed by atoms with Gasteiger partial charge in [-0.2, -0.15) is 0 Å². The molecular weight excluding hydrogens is 302 g/mol. The fourth-order valence-corrected chi connectivity index (χ4v) is 3.68. The first kappa shape index (κ1) is 17.1. The molecule has 2 unspecified atom stereocenters. The third kappa shape index (κ3) is 4.63. The van der Waals surface area contributed by atoms with Crippen LogP contribution in [0.3, 0.4) is 0 Å². The lowest BCUT2D eigenvalue weighted by Crippen LogP contribution is -2.31. The number of ether oxygens (including phenoxy) is 1. The Kier molecular flexibility index (Phi) is 5.96. The summed E-state index contributed by atoms with van der Waals surface area (Å²) in [4.78, 5) is 14.4. The normalized spacial score (nSPS) is 23.5. The van der Waals surface area contributed by atoms with E-state index in [-0.39, 0.29) is 5.91 Å². The molecule has 1 aromatic rings. The lowest BCUT2D eigenvalue weighted by atomic mass is 10.0. The molecule has 0 aliphatic carbocycles. The molecule has 5 heteroatoms. The van der Waals surface area contributed by atoms with E-state index in [0.717, 1.165) is 51.3 Å². The second-order valence-corrected chi connectivity index (χ2v) is 7.00. The van der Waals surface area contributed by atoms with Crippen molar-refractivity contribution in [2.45, 2.75) is 25.7 Å². The summed E-state index contributed by atoms with van der Waals surface area (Å²) in [6.45, 7) is 5.02. The lowest BCUT2D eigenvalue weighted by molar-refractivity contribution is -0.121. The Morgan fingerprint density at radius 1 is 1.38 bits per heavy atom. The van der Waals surface area contributed by atoms with Crippen LogP contribution in [0.5, 0.6) is 5.75 Å². The summed E-state index contributed by atoms with van der Waals surface area (Å²) >= 11 is 0. The van der Waals surface area contributed by atoms with Crippen molar-refractivity contribution < 1.29 is 9.53 Å². The largest absolute Gasteiger partial charge is 0.497 e. The van der Waals surface area contributed by atoms with Gasteiger partial charge >= 0.3 is 0 Å². The maximum atomic E-state index is 12.0. The molecule has 0 saturated carbocycles. The summed E-state index contributed by atoms with van der Waals surface area (Å²) in [5.74, 6) is 2.33. The third-order valence-electron chi connectivity index (χ3n) is 5.23. The SMILES string of the molecule is COc1cccc(N2CCC(CNC(=O)CCC3CCNC3)C2)c1. The fraction of sp³-hybridized carbons (Fsp3) is 0.632. The number of methoxy groups -OCH3 is 1. The first-order valence-corrected chi connectivity index (χ1v) is 9.11. The molecule has 2 N–H and O–H groups in total. The third-order valence-corrected chi connectivity index (χ3v) is 5.23. The molecule has 2 aliphatic rings. The smallest absolute Gasteiger partial charge is 0.220 e. The van der Waals surface area contributed by atoms with Crippen molar-refractivity contribution in [3.63, 3.8) is 0 Å². The summed E-state index contributed by atoms with van der Waals surface area (Å²) in [5.41, 5.74) is 1.21. The standard InChI is InChI=1S/C19H29N3O2/c1-24-18-4-2-3-17(11-18)22-10-8-16(14-22)13-21-19(23)6-5-15-7-9-20-12-15/h2-4,11,15-16,20H,5-10,12-14H2,1H3,(H,21,23). The number of carbonyl (C=O) groups is 1. The maximum Gasteiger partial charge on any atom is 0.220 e. The molecule has 2 aliphatic heterocycles. The van der Waals surface area contributed by atoms with E-state index < -0.39 is 0 Å². The van der Waals surface area contributed by atoms with Crippen LogP contribution in [0.4, 0.5) is 5.69 Å². The highest BCUT2D eigenvalue weighted by Gasteiger charge is 2.23. The Morgan fingerprint density at radius 3 is 3.08 bits per heavy atom. The van der Waals surface area contributed by atoms with E-state index >= 15 is 0 Å². The number of hydrogen-bond donors (Lipinski definition) is 2. The molecule has 3 rings (SSSR count). The van der Waals surface area contributed by atoms with Gasteiger partial charge < -0.3 is 20.3 Å². The van der Waals surface area contributed by atoms with Crippen molar-refractivity contribution in [2.75, 3.05) is 44.7 Å². The van der Waals surface area contributed by atoms with Gasteiger partial charge in [0.1, 0.15) is 5.75 Å². The van der Waals surface area contributed by atoms with E-state index in [1.54, 1.807) is 7.11 Å². The second kappa shape index (κ2) is 8.38. The van der Waals surface area contributed by atoms with Gasteiger partial charge in [-0.25, -0.2) is 0 Å². The molecule has 0 aromatic heterocycles. The zero-order chi connectivity index (χ0) is 16.8. The van der Waals surface area contributed by atoms with Gasteiger partial charge in [-0.15, -0.1) is 0 Å². The van der Waals surface area contributed by atoms with Crippen molar-refractivity contribution in [1.82, 2.24) is 10.6 Å². The van der Waals surface area contributed by atoms with Crippen LogP contribution in [0.1, 0.15) is 25.7 Å². The predicted molar refractivity (Wildman–Crippen MR) is 96.5 cm³/mol. The minimum Gasteiger partial charge on any atom is -0.497 e. The van der Waals surface area contributed by atoms with Crippen LogP contribution in [0.15, 0.2) is 24.3 Å². The molecule has 0 spiro atoms. The molecule has 2 heterocycles. The average Bonchev–Trinajstić information content (AvgIpc) is 3.30. The van der Waals surface area contributed by atoms with Gasteiger partial charge in [0.2, 0.25) is 5.91 Å². The van der Waals surface area contributed by atoms with Crippen LogP contribution in [0, 0.1) is 11.8 Å². The Hall–Kier alpha value is -1.75. The average molecular weight is 331 g/mol. The van der Waals surface area contributed by atoms with Gasteiger partial charge in [0.15, 0.2) is 0 Å². The van der Waals surface area contributed by atoms with E-state index in [2.05, 4.69) is 27.7 Å². The number of rotatable bonds is 7. The molecule has 132 valence electrons. The number of hydrogen-bond acceptors (Lipinski definition) is 4. The van der Waals surface area contributed by atoms with Crippen LogP contribution >= 0.6 is 0 Å². The highest BCUT2D eigenvalue weighted by atomic mass is 16.5. The van der Waals surface area contributed by atoms with Crippen molar-refractivity contribution in [3.8, 4) is 5.75 Å². The molecule has 2 atom stereocenters. The van der Waals surface area contributed by atoms with Gasteiger partial charge in [-0.3, -0.25) is 4.79 Å².